The molecule has 1 aromatic heterocycles. The van der Waals surface area contributed by atoms with E-state index in [-0.39, 0.29) is 24.2 Å². The van der Waals surface area contributed by atoms with E-state index >= 15 is 0 Å². The highest BCUT2D eigenvalue weighted by molar-refractivity contribution is 6.06. The van der Waals surface area contributed by atoms with Gasteiger partial charge in [-0.05, 0) is 44.5 Å². The molecule has 0 atom stereocenters. The maximum atomic E-state index is 12.5. The third-order valence-electron chi connectivity index (χ3n) is 5.16. The molecule has 4 rings (SSSR count). The van der Waals surface area contributed by atoms with Gasteiger partial charge in [0.25, 0.3) is 5.91 Å². The van der Waals surface area contributed by atoms with Crippen molar-refractivity contribution in [2.75, 3.05) is 7.05 Å². The highest BCUT2D eigenvalue weighted by atomic mass is 16.3. The van der Waals surface area contributed by atoms with Crippen LogP contribution in [-0.2, 0) is 11.3 Å². The lowest BCUT2D eigenvalue weighted by Gasteiger charge is -2.28. The number of nitrogens with zero attached hydrogens (tertiary/aromatic N) is 5. The Kier molecular flexibility index (Phi) is 3.88. The van der Waals surface area contributed by atoms with Gasteiger partial charge in [0.05, 0.1) is 6.54 Å². The summed E-state index contributed by atoms with van der Waals surface area (Å²) in [5.41, 5.74) is 2.28. The fourth-order valence-electron chi connectivity index (χ4n) is 3.54. The molecule has 144 valence electrons. The summed E-state index contributed by atoms with van der Waals surface area (Å²) in [7, 11) is 1.47. The predicted octanol–water partition coefficient (Wildman–Crippen LogP) is 2.61. The average molecular weight is 379 g/mol. The van der Waals surface area contributed by atoms with Crippen molar-refractivity contribution >= 4 is 23.0 Å². The number of carbonyl (C=O) groups excluding carboxylic acids is 2. The van der Waals surface area contributed by atoms with Crippen molar-refractivity contribution in [3.8, 4) is 11.4 Å². The zero-order valence-electron chi connectivity index (χ0n) is 16.2. The first kappa shape index (κ1) is 18.0. The van der Waals surface area contributed by atoms with Gasteiger partial charge in [0.1, 0.15) is 28.0 Å². The molecule has 1 saturated heterocycles. The molecule has 0 spiro atoms. The molecule has 1 aliphatic heterocycles. The maximum absolute atomic E-state index is 12.5. The molecule has 1 N–H and O–H groups in total. The van der Waals surface area contributed by atoms with Gasteiger partial charge in [0.15, 0.2) is 0 Å². The predicted molar refractivity (Wildman–Crippen MR) is 103 cm³/mol. The molecule has 2 heterocycles. The van der Waals surface area contributed by atoms with E-state index in [1.165, 1.54) is 16.7 Å². The van der Waals surface area contributed by atoms with Gasteiger partial charge in [-0.2, -0.15) is 0 Å². The minimum absolute atomic E-state index is 0.0171. The van der Waals surface area contributed by atoms with Gasteiger partial charge < -0.3 is 10.0 Å². The second kappa shape index (κ2) is 6.05. The Morgan fingerprint density at radius 3 is 2.21 bits per heavy atom. The van der Waals surface area contributed by atoms with Crippen LogP contribution in [0.3, 0.4) is 0 Å². The number of phenolic OH excluding ortho intramolecular Hbond substituents is 1. The van der Waals surface area contributed by atoms with Crippen molar-refractivity contribution in [1.82, 2.24) is 24.8 Å². The van der Waals surface area contributed by atoms with Gasteiger partial charge in [-0.15, -0.1) is 15.0 Å². The summed E-state index contributed by atoms with van der Waals surface area (Å²) in [6.07, 6.45) is 0. The van der Waals surface area contributed by atoms with Gasteiger partial charge in [-0.25, -0.2) is 4.79 Å². The van der Waals surface area contributed by atoms with E-state index in [2.05, 4.69) is 10.2 Å². The number of phenols is 1. The molecule has 0 unspecified atom stereocenters. The molecule has 1 aliphatic rings. The Bertz CT molecular complexity index is 1090. The van der Waals surface area contributed by atoms with Crippen LogP contribution in [0.15, 0.2) is 36.4 Å². The monoisotopic (exact) mass is 379 g/mol. The second-order valence-electron chi connectivity index (χ2n) is 7.56. The molecule has 1 fully saturated rings. The SMILES string of the molecule is Cc1cc(CN2C(=O)N(C)C(=O)C2(C)C)c(O)c(-n2nc3ccccc3n2)c1. The summed E-state index contributed by atoms with van der Waals surface area (Å²) in [5, 5.41) is 19.8. The molecule has 0 bridgehead atoms. The van der Waals surface area contributed by atoms with E-state index < -0.39 is 5.54 Å². The Hall–Kier alpha value is -3.42. The van der Waals surface area contributed by atoms with Crippen LogP contribution in [0.5, 0.6) is 5.75 Å². The average Bonchev–Trinajstić information content (AvgIpc) is 3.15. The fraction of sp³-hybridized carbons (Fsp3) is 0.300. The highest BCUT2D eigenvalue weighted by Gasteiger charge is 2.49. The molecule has 3 aromatic rings. The van der Waals surface area contributed by atoms with Crippen molar-refractivity contribution in [2.24, 2.45) is 0 Å². The molecule has 0 aliphatic carbocycles. The number of likely N-dealkylation sites (N-methyl/N-ethyl adjacent to an activating group) is 1. The standard InChI is InChI=1S/C20H21N5O3/c1-12-9-13(11-24-19(28)23(4)18(27)20(24,2)3)17(26)16(10-12)25-21-14-7-5-6-8-15(14)22-25/h5-10,26H,11H2,1-4H3. The molecular formula is C20H21N5O3. The topological polar surface area (TPSA) is 91.6 Å². The minimum Gasteiger partial charge on any atom is -0.505 e. The summed E-state index contributed by atoms with van der Waals surface area (Å²) >= 11 is 0. The van der Waals surface area contributed by atoms with Crippen LogP contribution in [-0.4, -0.2) is 54.4 Å². The van der Waals surface area contributed by atoms with Crippen LogP contribution >= 0.6 is 0 Å². The molecular weight excluding hydrogens is 358 g/mol. The molecule has 8 heteroatoms. The molecule has 0 radical (unpaired) electrons. The van der Waals surface area contributed by atoms with Crippen molar-refractivity contribution in [3.63, 3.8) is 0 Å². The number of aromatic hydroxyl groups is 1. The summed E-state index contributed by atoms with van der Waals surface area (Å²) in [4.78, 5) is 28.8. The zero-order chi connectivity index (χ0) is 20.2. The van der Waals surface area contributed by atoms with E-state index in [4.69, 9.17) is 0 Å². The quantitative estimate of drug-likeness (QED) is 0.707. The van der Waals surface area contributed by atoms with Crippen LogP contribution in [0.25, 0.3) is 16.7 Å². The molecule has 8 nitrogen and oxygen atoms in total. The second-order valence-corrected chi connectivity index (χ2v) is 7.56. The number of aryl methyl sites for hydroxylation is 1. The number of aromatic nitrogens is 3. The Balaban J connectivity index is 1.77. The molecule has 28 heavy (non-hydrogen) atoms. The molecule has 3 amide bonds. The number of hydrogen-bond acceptors (Lipinski definition) is 5. The highest BCUT2D eigenvalue weighted by Crippen LogP contribution is 2.33. The largest absolute Gasteiger partial charge is 0.505 e. The van der Waals surface area contributed by atoms with Gasteiger partial charge in [-0.3, -0.25) is 9.69 Å². The zero-order valence-corrected chi connectivity index (χ0v) is 16.2. The number of amides is 3. The Labute approximate surface area is 162 Å². The first-order valence-electron chi connectivity index (χ1n) is 8.95. The number of urea groups is 1. The number of benzene rings is 2. The lowest BCUT2D eigenvalue weighted by Crippen LogP contribution is -2.43. The number of imide groups is 1. The van der Waals surface area contributed by atoms with E-state index in [1.807, 2.05) is 31.2 Å². The minimum atomic E-state index is -0.985. The van der Waals surface area contributed by atoms with Crippen molar-refractivity contribution in [3.05, 3.63) is 47.5 Å². The first-order chi connectivity index (χ1) is 13.2. The van der Waals surface area contributed by atoms with E-state index in [9.17, 15) is 14.7 Å². The van der Waals surface area contributed by atoms with Crippen LogP contribution < -0.4 is 0 Å². The summed E-state index contributed by atoms with van der Waals surface area (Å²) in [6.45, 7) is 5.39. The summed E-state index contributed by atoms with van der Waals surface area (Å²) in [5.74, 6) is -0.290. The van der Waals surface area contributed by atoms with E-state index in [1.54, 1.807) is 26.0 Å². The van der Waals surface area contributed by atoms with Crippen LogP contribution in [0.2, 0.25) is 0 Å². The maximum Gasteiger partial charge on any atom is 0.327 e. The first-order valence-corrected chi connectivity index (χ1v) is 8.95. The van der Waals surface area contributed by atoms with E-state index in [0.717, 1.165) is 10.5 Å². The summed E-state index contributed by atoms with van der Waals surface area (Å²) < 4.78 is 0. The van der Waals surface area contributed by atoms with Gasteiger partial charge >= 0.3 is 6.03 Å². The van der Waals surface area contributed by atoms with Gasteiger partial charge in [-0.1, -0.05) is 18.2 Å². The van der Waals surface area contributed by atoms with Crippen molar-refractivity contribution in [2.45, 2.75) is 32.9 Å². The third-order valence-corrected chi connectivity index (χ3v) is 5.16. The van der Waals surface area contributed by atoms with Crippen molar-refractivity contribution in [1.29, 1.82) is 0 Å². The molecule has 2 aromatic carbocycles. The Morgan fingerprint density at radius 2 is 1.68 bits per heavy atom. The number of fused-ring (bicyclic) bond motifs is 1. The lowest BCUT2D eigenvalue weighted by molar-refractivity contribution is -0.131. The molecule has 0 saturated carbocycles. The smallest absolute Gasteiger partial charge is 0.327 e. The van der Waals surface area contributed by atoms with Crippen molar-refractivity contribution < 1.29 is 14.7 Å². The number of hydrogen-bond donors (Lipinski definition) is 1. The van der Waals surface area contributed by atoms with Gasteiger partial charge in [0.2, 0.25) is 0 Å². The lowest BCUT2D eigenvalue weighted by atomic mass is 10.0. The number of carbonyl (C=O) groups is 2. The Morgan fingerprint density at radius 1 is 1.07 bits per heavy atom. The fourth-order valence-corrected chi connectivity index (χ4v) is 3.54. The third kappa shape index (κ3) is 2.60. The normalized spacial score (nSPS) is 16.4. The van der Waals surface area contributed by atoms with Crippen LogP contribution in [0.1, 0.15) is 25.0 Å². The van der Waals surface area contributed by atoms with E-state index in [0.29, 0.717) is 22.3 Å². The summed E-state index contributed by atoms with van der Waals surface area (Å²) in [6, 6.07) is 10.6. The van der Waals surface area contributed by atoms with Crippen LogP contribution in [0.4, 0.5) is 4.79 Å². The van der Waals surface area contributed by atoms with Gasteiger partial charge in [0, 0.05) is 12.6 Å². The van der Waals surface area contributed by atoms with Crippen LogP contribution in [0, 0.1) is 6.92 Å². The number of rotatable bonds is 3.